The molecule has 0 aliphatic carbocycles. The van der Waals surface area contributed by atoms with Crippen molar-refractivity contribution in [3.05, 3.63) is 54.2 Å². The lowest BCUT2D eigenvalue weighted by Crippen LogP contribution is -2.00. The number of benzene rings is 1. The molecular weight excluding hydrogens is 310 g/mol. The molecule has 0 unspecified atom stereocenters. The summed E-state index contributed by atoms with van der Waals surface area (Å²) in [7, 11) is 1.56. The number of aromatic nitrogens is 5. The van der Waals surface area contributed by atoms with Crippen LogP contribution in [0.3, 0.4) is 0 Å². The first kappa shape index (κ1) is 14.0. The third kappa shape index (κ3) is 2.59. The van der Waals surface area contributed by atoms with Gasteiger partial charge in [-0.05, 0) is 17.7 Å². The van der Waals surface area contributed by atoms with Crippen LogP contribution in [-0.2, 0) is 5.75 Å². The van der Waals surface area contributed by atoms with Gasteiger partial charge in [0.2, 0.25) is 5.16 Å². The third-order valence-electron chi connectivity index (χ3n) is 3.39. The molecule has 0 saturated heterocycles. The number of rotatable bonds is 4. The smallest absolute Gasteiger partial charge is 0.321 e. The van der Waals surface area contributed by atoms with Gasteiger partial charge in [0.25, 0.3) is 0 Å². The Morgan fingerprint density at radius 1 is 1.09 bits per heavy atom. The zero-order valence-corrected chi connectivity index (χ0v) is 13.2. The summed E-state index contributed by atoms with van der Waals surface area (Å²) in [6, 6.07) is 14.4. The molecule has 4 rings (SSSR count). The Hall–Kier alpha value is -2.67. The van der Waals surface area contributed by atoms with Crippen LogP contribution in [0.15, 0.2) is 53.8 Å². The van der Waals surface area contributed by atoms with Gasteiger partial charge in [0.05, 0.1) is 12.5 Å². The van der Waals surface area contributed by atoms with Crippen LogP contribution in [0.1, 0.15) is 5.56 Å². The van der Waals surface area contributed by atoms with E-state index in [9.17, 15) is 0 Å². The van der Waals surface area contributed by atoms with Crippen LogP contribution in [0.2, 0.25) is 0 Å². The van der Waals surface area contributed by atoms with Gasteiger partial charge in [-0.25, -0.2) is 9.97 Å². The van der Waals surface area contributed by atoms with Crippen LogP contribution in [0.5, 0.6) is 6.01 Å². The summed E-state index contributed by atoms with van der Waals surface area (Å²) in [5, 5.41) is 6.04. The highest BCUT2D eigenvalue weighted by Gasteiger charge is 2.14. The van der Waals surface area contributed by atoms with Gasteiger partial charge >= 0.3 is 6.01 Å². The minimum absolute atomic E-state index is 0.380. The maximum atomic E-state index is 5.31. The molecule has 0 amide bonds. The fourth-order valence-corrected chi connectivity index (χ4v) is 3.09. The van der Waals surface area contributed by atoms with Gasteiger partial charge in [-0.3, -0.25) is 0 Å². The second kappa shape index (κ2) is 5.85. The molecule has 3 aromatic heterocycles. The van der Waals surface area contributed by atoms with Crippen molar-refractivity contribution in [3.63, 3.8) is 0 Å². The highest BCUT2D eigenvalue weighted by molar-refractivity contribution is 7.98. The van der Waals surface area contributed by atoms with Gasteiger partial charge in [-0.2, -0.15) is 9.50 Å². The van der Waals surface area contributed by atoms with Crippen molar-refractivity contribution in [3.8, 4) is 6.01 Å². The molecule has 0 N–H and O–H groups in total. The topological polar surface area (TPSA) is 65.2 Å². The maximum absolute atomic E-state index is 5.31. The Labute approximate surface area is 136 Å². The second-order valence-electron chi connectivity index (χ2n) is 4.88. The Morgan fingerprint density at radius 2 is 1.96 bits per heavy atom. The molecule has 4 aromatic rings. The fraction of sp³-hybridized carbons (Fsp3) is 0.125. The Morgan fingerprint density at radius 3 is 2.78 bits per heavy atom. The second-order valence-corrected chi connectivity index (χ2v) is 5.82. The van der Waals surface area contributed by atoms with E-state index in [2.05, 4.69) is 32.2 Å². The van der Waals surface area contributed by atoms with Gasteiger partial charge in [-0.15, -0.1) is 5.10 Å². The summed E-state index contributed by atoms with van der Waals surface area (Å²) < 4.78 is 6.93. The van der Waals surface area contributed by atoms with Crippen LogP contribution in [0.4, 0.5) is 0 Å². The summed E-state index contributed by atoms with van der Waals surface area (Å²) in [6.07, 6.45) is 1.70. The molecule has 1 aromatic carbocycles. The van der Waals surface area contributed by atoms with Crippen LogP contribution in [0.25, 0.3) is 16.7 Å². The average Bonchev–Trinajstić information content (AvgIpc) is 3.04. The molecule has 0 radical (unpaired) electrons. The van der Waals surface area contributed by atoms with E-state index in [0.29, 0.717) is 22.5 Å². The monoisotopic (exact) mass is 323 g/mol. The molecule has 7 heteroatoms. The largest absolute Gasteiger partial charge is 0.467 e. The number of methoxy groups -OCH3 is 1. The van der Waals surface area contributed by atoms with Crippen LogP contribution in [-0.4, -0.2) is 31.7 Å². The quantitative estimate of drug-likeness (QED) is 0.538. The number of pyridine rings is 1. The SMILES string of the molecule is COc1nc2ncccc2c2nc(SCc3ccccc3)nn12. The third-order valence-corrected chi connectivity index (χ3v) is 4.30. The maximum Gasteiger partial charge on any atom is 0.321 e. The molecule has 6 nitrogen and oxygen atoms in total. The van der Waals surface area contributed by atoms with E-state index in [0.717, 1.165) is 11.1 Å². The van der Waals surface area contributed by atoms with Crippen LogP contribution < -0.4 is 4.74 Å². The minimum atomic E-state index is 0.380. The minimum Gasteiger partial charge on any atom is -0.467 e. The molecule has 0 bridgehead atoms. The highest BCUT2D eigenvalue weighted by Crippen LogP contribution is 2.25. The fourth-order valence-electron chi connectivity index (χ4n) is 2.31. The van der Waals surface area contributed by atoms with Gasteiger partial charge < -0.3 is 4.74 Å². The number of ether oxygens (including phenoxy) is 1. The molecule has 23 heavy (non-hydrogen) atoms. The molecule has 114 valence electrons. The zero-order chi connectivity index (χ0) is 15.6. The predicted octanol–water partition coefficient (Wildman–Crippen LogP) is 2.97. The summed E-state index contributed by atoms with van der Waals surface area (Å²) in [5.41, 5.74) is 2.53. The summed E-state index contributed by atoms with van der Waals surface area (Å²) in [6.45, 7) is 0. The van der Waals surface area contributed by atoms with Gasteiger partial charge in [0.1, 0.15) is 0 Å². The van der Waals surface area contributed by atoms with Crippen LogP contribution >= 0.6 is 11.8 Å². The summed E-state index contributed by atoms with van der Waals surface area (Å²) >= 11 is 1.58. The van der Waals surface area contributed by atoms with Crippen molar-refractivity contribution in [2.75, 3.05) is 7.11 Å². The summed E-state index contributed by atoms with van der Waals surface area (Å²) in [4.78, 5) is 13.3. The molecule has 0 saturated carbocycles. The lowest BCUT2D eigenvalue weighted by atomic mass is 10.2. The van der Waals surface area contributed by atoms with E-state index in [1.807, 2.05) is 30.3 Å². The highest BCUT2D eigenvalue weighted by atomic mass is 32.2. The van der Waals surface area contributed by atoms with Gasteiger partial charge in [-0.1, -0.05) is 42.1 Å². The predicted molar refractivity (Wildman–Crippen MR) is 88.6 cm³/mol. The molecule has 0 spiro atoms. The normalized spacial score (nSPS) is 11.2. The van der Waals surface area contributed by atoms with Gasteiger partial charge in [0.15, 0.2) is 11.3 Å². The number of nitrogens with zero attached hydrogens (tertiary/aromatic N) is 5. The molecule has 0 fully saturated rings. The van der Waals surface area contributed by atoms with Crippen molar-refractivity contribution in [1.82, 2.24) is 24.6 Å². The van der Waals surface area contributed by atoms with E-state index in [1.165, 1.54) is 5.56 Å². The van der Waals surface area contributed by atoms with E-state index in [-0.39, 0.29) is 0 Å². The zero-order valence-electron chi connectivity index (χ0n) is 12.4. The van der Waals surface area contributed by atoms with Gasteiger partial charge in [0, 0.05) is 11.9 Å². The first-order chi connectivity index (χ1) is 11.3. The number of hydrogen-bond acceptors (Lipinski definition) is 6. The first-order valence-electron chi connectivity index (χ1n) is 7.07. The van der Waals surface area contributed by atoms with Crippen molar-refractivity contribution >= 4 is 28.4 Å². The van der Waals surface area contributed by atoms with E-state index in [1.54, 1.807) is 29.6 Å². The lowest BCUT2D eigenvalue weighted by molar-refractivity contribution is 0.368. The number of hydrogen-bond donors (Lipinski definition) is 0. The van der Waals surface area contributed by atoms with E-state index >= 15 is 0 Å². The standard InChI is InChI=1S/C16H13N5OS/c1-22-16-18-13-12(8-5-9-17-13)14-19-15(20-21(14)16)23-10-11-6-3-2-4-7-11/h2-9H,10H2,1H3. The molecule has 0 atom stereocenters. The number of thioether (sulfide) groups is 1. The summed E-state index contributed by atoms with van der Waals surface area (Å²) in [5.74, 6) is 0.809. The average molecular weight is 323 g/mol. The molecule has 3 heterocycles. The van der Waals surface area contributed by atoms with Crippen molar-refractivity contribution < 1.29 is 4.74 Å². The molecule has 0 aliphatic rings. The van der Waals surface area contributed by atoms with Crippen molar-refractivity contribution in [1.29, 1.82) is 0 Å². The first-order valence-corrected chi connectivity index (χ1v) is 8.06. The van der Waals surface area contributed by atoms with E-state index < -0.39 is 0 Å². The Kier molecular flexibility index (Phi) is 3.55. The lowest BCUT2D eigenvalue weighted by Gasteiger charge is -2.02. The Balaban J connectivity index is 1.76. The van der Waals surface area contributed by atoms with Crippen molar-refractivity contribution in [2.24, 2.45) is 0 Å². The molecular formula is C16H13N5OS. The Bertz CT molecular complexity index is 970. The molecule has 0 aliphatic heterocycles. The van der Waals surface area contributed by atoms with E-state index in [4.69, 9.17) is 4.74 Å². The van der Waals surface area contributed by atoms with Crippen LogP contribution in [0, 0.1) is 0 Å². The number of fused-ring (bicyclic) bond motifs is 3. The van der Waals surface area contributed by atoms with Crippen molar-refractivity contribution in [2.45, 2.75) is 10.9 Å².